The van der Waals surface area contributed by atoms with Gasteiger partial charge < -0.3 is 24.4 Å². The van der Waals surface area contributed by atoms with Crippen LogP contribution in [-0.2, 0) is 16.0 Å². The molecule has 168 valence electrons. The van der Waals surface area contributed by atoms with Crippen LogP contribution in [-0.4, -0.2) is 41.9 Å². The number of ether oxygens (including phenoxy) is 2. The third-order valence-electron chi connectivity index (χ3n) is 4.68. The van der Waals surface area contributed by atoms with Gasteiger partial charge in [0.05, 0.1) is 26.2 Å². The second-order valence-corrected chi connectivity index (χ2v) is 6.97. The fourth-order valence-electron chi connectivity index (χ4n) is 3.24. The second-order valence-electron chi connectivity index (χ2n) is 6.97. The highest BCUT2D eigenvalue weighted by Crippen LogP contribution is 2.31. The van der Waals surface area contributed by atoms with Gasteiger partial charge in [0.2, 0.25) is 5.76 Å². The number of halogens is 1. The van der Waals surface area contributed by atoms with Crippen molar-refractivity contribution >= 4 is 11.9 Å². The topological polar surface area (TPSA) is 111 Å². The highest BCUT2D eigenvalue weighted by molar-refractivity contribution is 5.92. The van der Waals surface area contributed by atoms with Crippen molar-refractivity contribution in [3.63, 3.8) is 0 Å². The number of carbonyl (C=O) groups is 2. The smallest absolute Gasteiger partial charge is 0.307 e. The molecule has 0 spiro atoms. The summed E-state index contributed by atoms with van der Waals surface area (Å²) in [6.45, 7) is 1.92. The third kappa shape index (κ3) is 5.84. The lowest BCUT2D eigenvalue weighted by molar-refractivity contribution is -0.143. The monoisotopic (exact) mass is 442 g/mol. The van der Waals surface area contributed by atoms with E-state index in [-0.39, 0.29) is 24.6 Å². The van der Waals surface area contributed by atoms with Gasteiger partial charge in [0, 0.05) is 11.6 Å². The lowest BCUT2D eigenvalue weighted by atomic mass is 9.98. The molecule has 1 aromatic heterocycles. The zero-order valence-corrected chi connectivity index (χ0v) is 17.6. The van der Waals surface area contributed by atoms with E-state index in [1.54, 1.807) is 13.0 Å². The first-order chi connectivity index (χ1) is 15.4. The second kappa shape index (κ2) is 10.4. The number of hydrogen-bond acceptors (Lipinski definition) is 7. The summed E-state index contributed by atoms with van der Waals surface area (Å²) >= 11 is 0. The highest BCUT2D eigenvalue weighted by atomic mass is 19.1. The maximum Gasteiger partial charge on any atom is 0.307 e. The van der Waals surface area contributed by atoms with Crippen molar-refractivity contribution in [3.05, 3.63) is 65.7 Å². The van der Waals surface area contributed by atoms with Crippen molar-refractivity contribution < 1.29 is 33.1 Å². The van der Waals surface area contributed by atoms with E-state index in [2.05, 4.69) is 10.5 Å². The molecule has 32 heavy (non-hydrogen) atoms. The number of amides is 1. The Kier molecular flexibility index (Phi) is 7.43. The van der Waals surface area contributed by atoms with Crippen LogP contribution >= 0.6 is 0 Å². The normalized spacial score (nSPS) is 11.6. The largest absolute Gasteiger partial charge is 0.496 e. The molecule has 0 aliphatic heterocycles. The predicted molar refractivity (Wildman–Crippen MR) is 113 cm³/mol. The molecule has 0 fully saturated rings. The Morgan fingerprint density at radius 2 is 1.94 bits per heavy atom. The van der Waals surface area contributed by atoms with Gasteiger partial charge in [0.25, 0.3) is 11.8 Å². The minimum absolute atomic E-state index is 0.0564. The third-order valence-corrected chi connectivity index (χ3v) is 4.68. The molecule has 3 rings (SSSR count). The minimum Gasteiger partial charge on any atom is -0.496 e. The van der Waals surface area contributed by atoms with E-state index in [0.29, 0.717) is 17.7 Å². The maximum absolute atomic E-state index is 13.7. The van der Waals surface area contributed by atoms with Gasteiger partial charge in [-0.1, -0.05) is 24.3 Å². The van der Waals surface area contributed by atoms with Crippen LogP contribution in [0, 0.1) is 5.82 Å². The number of rotatable bonds is 9. The molecule has 9 heteroatoms. The van der Waals surface area contributed by atoms with E-state index >= 15 is 0 Å². The summed E-state index contributed by atoms with van der Waals surface area (Å²) < 4.78 is 28.8. The van der Waals surface area contributed by atoms with Gasteiger partial charge in [-0.2, -0.15) is 0 Å². The van der Waals surface area contributed by atoms with Crippen LogP contribution in [0.3, 0.4) is 0 Å². The molecule has 8 nitrogen and oxygen atoms in total. The molecule has 1 amide bonds. The Labute approximate surface area is 183 Å². The van der Waals surface area contributed by atoms with E-state index in [0.717, 1.165) is 17.2 Å². The molecule has 2 N–H and O–H groups in total. The Balaban J connectivity index is 1.77. The molecule has 0 aliphatic carbocycles. The molecular weight excluding hydrogens is 419 g/mol. The molecule has 3 aromatic rings. The van der Waals surface area contributed by atoms with Crippen LogP contribution in [0.25, 0.3) is 11.1 Å². The molecule has 0 radical (unpaired) electrons. The number of methoxy groups -OCH3 is 1. The maximum atomic E-state index is 13.7. The molecular formula is C23H23FN2O6. The zero-order chi connectivity index (χ0) is 23.1. The van der Waals surface area contributed by atoms with Crippen LogP contribution in [0.5, 0.6) is 11.6 Å². The van der Waals surface area contributed by atoms with Gasteiger partial charge in [-0.3, -0.25) is 9.59 Å². The summed E-state index contributed by atoms with van der Waals surface area (Å²) in [6, 6.07) is 12.0. The van der Waals surface area contributed by atoms with Crippen LogP contribution in [0.2, 0.25) is 0 Å². The van der Waals surface area contributed by atoms with Crippen LogP contribution in [0.4, 0.5) is 4.39 Å². The number of nitrogens with one attached hydrogen (secondary N) is 1. The van der Waals surface area contributed by atoms with E-state index in [1.165, 1.54) is 19.2 Å². The number of aromatic nitrogens is 1. The van der Waals surface area contributed by atoms with Gasteiger partial charge >= 0.3 is 5.97 Å². The van der Waals surface area contributed by atoms with E-state index in [4.69, 9.17) is 14.0 Å². The number of nitrogens with zero attached hydrogens (tertiary/aromatic N) is 1. The first kappa shape index (κ1) is 22.8. The van der Waals surface area contributed by atoms with Crippen molar-refractivity contribution in [1.82, 2.24) is 10.5 Å². The Bertz CT molecular complexity index is 1080. The fraction of sp³-hybridized carbons (Fsp3) is 0.261. The molecule has 0 bridgehead atoms. The van der Waals surface area contributed by atoms with Crippen molar-refractivity contribution in [1.29, 1.82) is 0 Å². The molecule has 0 saturated carbocycles. The van der Waals surface area contributed by atoms with Crippen LogP contribution < -0.4 is 10.1 Å². The summed E-state index contributed by atoms with van der Waals surface area (Å²) in [5.41, 5.74) is 2.20. The Hall–Kier alpha value is -3.88. The first-order valence-electron chi connectivity index (χ1n) is 9.94. The lowest BCUT2D eigenvalue weighted by Crippen LogP contribution is -2.38. The molecule has 1 heterocycles. The van der Waals surface area contributed by atoms with Crippen molar-refractivity contribution in [2.24, 2.45) is 0 Å². The summed E-state index contributed by atoms with van der Waals surface area (Å²) in [5, 5.41) is 15.2. The summed E-state index contributed by atoms with van der Waals surface area (Å²) in [6.07, 6.45) is 0.268. The molecule has 0 saturated heterocycles. The van der Waals surface area contributed by atoms with E-state index in [1.807, 2.05) is 24.3 Å². The summed E-state index contributed by atoms with van der Waals surface area (Å²) in [4.78, 5) is 24.4. The molecule has 2 aromatic carbocycles. The highest BCUT2D eigenvalue weighted by Gasteiger charge is 2.21. The lowest BCUT2D eigenvalue weighted by Gasteiger charge is -2.18. The Morgan fingerprint density at radius 3 is 2.56 bits per heavy atom. The Morgan fingerprint density at radius 1 is 1.19 bits per heavy atom. The van der Waals surface area contributed by atoms with Crippen molar-refractivity contribution in [2.75, 3.05) is 13.7 Å². The quantitative estimate of drug-likeness (QED) is 0.488. The standard InChI is InChI=1S/C23H23FN2O6/c1-3-31-22(28)12-17(25-23(29)20-13-21(27)26-32-20)10-14-4-6-15(7-5-14)18-11-16(24)8-9-19(18)30-2/h4-9,11,13,17H,3,10,12H2,1-2H3,(H,25,29)(H,26,27)/t17-/m1/s1. The number of benzene rings is 2. The van der Waals surface area contributed by atoms with Gasteiger partial charge in [-0.15, -0.1) is 0 Å². The molecule has 0 unspecified atom stereocenters. The average molecular weight is 442 g/mol. The minimum atomic E-state index is -0.617. The fourth-order valence-corrected chi connectivity index (χ4v) is 3.24. The van der Waals surface area contributed by atoms with Crippen LogP contribution in [0.1, 0.15) is 29.5 Å². The van der Waals surface area contributed by atoms with Crippen LogP contribution in [0.15, 0.2) is 53.1 Å². The number of hydrogen-bond donors (Lipinski definition) is 2. The molecule has 1 atom stereocenters. The molecule has 0 aliphatic rings. The first-order valence-corrected chi connectivity index (χ1v) is 9.94. The zero-order valence-electron chi connectivity index (χ0n) is 17.6. The SMILES string of the molecule is CCOC(=O)C[C@@H](Cc1ccc(-c2cc(F)ccc2OC)cc1)NC(=O)c1cc(O)no1. The van der Waals surface area contributed by atoms with Gasteiger partial charge in [0.1, 0.15) is 11.6 Å². The summed E-state index contributed by atoms with van der Waals surface area (Å²) in [5.74, 6) is -1.50. The van der Waals surface area contributed by atoms with Gasteiger partial charge in [0.15, 0.2) is 0 Å². The summed E-state index contributed by atoms with van der Waals surface area (Å²) in [7, 11) is 1.52. The van der Waals surface area contributed by atoms with Gasteiger partial charge in [-0.25, -0.2) is 4.39 Å². The van der Waals surface area contributed by atoms with Crippen molar-refractivity contribution in [3.8, 4) is 22.8 Å². The van der Waals surface area contributed by atoms with Gasteiger partial charge in [-0.05, 0) is 47.8 Å². The predicted octanol–water partition coefficient (Wildman–Crippen LogP) is 3.49. The number of carbonyl (C=O) groups excluding carboxylic acids is 2. The number of aromatic hydroxyl groups is 1. The average Bonchev–Trinajstić information content (AvgIpc) is 3.21. The van der Waals surface area contributed by atoms with Crippen molar-refractivity contribution in [2.45, 2.75) is 25.8 Å². The number of esters is 1. The van der Waals surface area contributed by atoms with E-state index in [9.17, 15) is 19.1 Å². The van der Waals surface area contributed by atoms with E-state index < -0.39 is 23.8 Å².